The molecular formula is C22H25FO7S. The Hall–Kier alpha value is -3.20. The molecule has 0 bridgehead atoms. The van der Waals surface area contributed by atoms with Crippen LogP contribution >= 0.6 is 0 Å². The SMILES string of the molecule is CC(=O)O.CCCc1c(OC/C=C\S(=O)(=O)c2cccc(F)c2)ccc(C(C)=O)c1O. The summed E-state index contributed by atoms with van der Waals surface area (Å²) in [6.45, 7) is 4.31. The molecule has 0 fully saturated rings. The molecule has 0 aliphatic carbocycles. The summed E-state index contributed by atoms with van der Waals surface area (Å²) in [5.41, 5.74) is 0.724. The van der Waals surface area contributed by atoms with Gasteiger partial charge in [-0.2, -0.15) is 0 Å². The van der Waals surface area contributed by atoms with Crippen LogP contribution in [0.25, 0.3) is 0 Å². The number of carboxylic acids is 1. The molecule has 31 heavy (non-hydrogen) atoms. The zero-order valence-corrected chi connectivity index (χ0v) is 18.3. The van der Waals surface area contributed by atoms with Gasteiger partial charge in [0.05, 0.1) is 10.5 Å². The first-order chi connectivity index (χ1) is 14.5. The van der Waals surface area contributed by atoms with Crippen LogP contribution in [0.15, 0.2) is 52.8 Å². The van der Waals surface area contributed by atoms with E-state index in [0.29, 0.717) is 17.7 Å². The Labute approximate surface area is 180 Å². The van der Waals surface area contributed by atoms with Gasteiger partial charge in [0.15, 0.2) is 15.6 Å². The topological polar surface area (TPSA) is 118 Å². The van der Waals surface area contributed by atoms with Gasteiger partial charge < -0.3 is 14.9 Å². The number of phenols is 1. The third kappa shape index (κ3) is 8.21. The highest BCUT2D eigenvalue weighted by molar-refractivity contribution is 7.94. The van der Waals surface area contributed by atoms with E-state index in [2.05, 4.69) is 0 Å². The van der Waals surface area contributed by atoms with Crippen LogP contribution in [0, 0.1) is 5.82 Å². The molecule has 168 valence electrons. The highest BCUT2D eigenvalue weighted by Gasteiger charge is 2.16. The average Bonchev–Trinajstić information content (AvgIpc) is 2.67. The Balaban J connectivity index is 0.00000110. The second-order valence-electron chi connectivity index (χ2n) is 6.45. The summed E-state index contributed by atoms with van der Waals surface area (Å²) < 4.78 is 43.1. The van der Waals surface area contributed by atoms with Crippen molar-refractivity contribution in [1.82, 2.24) is 0 Å². The van der Waals surface area contributed by atoms with Crippen molar-refractivity contribution >= 4 is 21.6 Å². The molecule has 0 unspecified atom stereocenters. The zero-order valence-electron chi connectivity index (χ0n) is 17.5. The number of carbonyl (C=O) groups excluding carboxylic acids is 1. The summed E-state index contributed by atoms with van der Waals surface area (Å²) in [5, 5.41) is 18.6. The molecule has 2 rings (SSSR count). The number of halogens is 1. The highest BCUT2D eigenvalue weighted by Crippen LogP contribution is 2.33. The second kappa shape index (κ2) is 11.8. The lowest BCUT2D eigenvalue weighted by molar-refractivity contribution is -0.134. The van der Waals surface area contributed by atoms with Gasteiger partial charge in [-0.25, -0.2) is 12.8 Å². The van der Waals surface area contributed by atoms with Crippen LogP contribution in [0.4, 0.5) is 4.39 Å². The lowest BCUT2D eigenvalue weighted by Gasteiger charge is -2.13. The van der Waals surface area contributed by atoms with Crippen molar-refractivity contribution in [1.29, 1.82) is 0 Å². The molecule has 0 atom stereocenters. The molecule has 0 saturated heterocycles. The number of carboxylic acid groups (broad SMARTS) is 1. The van der Waals surface area contributed by atoms with Gasteiger partial charge in [-0.15, -0.1) is 0 Å². The average molecular weight is 453 g/mol. The van der Waals surface area contributed by atoms with Gasteiger partial charge in [0.1, 0.15) is 23.9 Å². The maximum absolute atomic E-state index is 13.2. The van der Waals surface area contributed by atoms with Gasteiger partial charge in [-0.1, -0.05) is 19.4 Å². The molecule has 0 aromatic heterocycles. The molecule has 0 radical (unpaired) electrons. The number of carbonyl (C=O) groups is 2. The largest absolute Gasteiger partial charge is 0.507 e. The van der Waals surface area contributed by atoms with E-state index in [9.17, 15) is 22.7 Å². The second-order valence-corrected chi connectivity index (χ2v) is 8.28. The summed E-state index contributed by atoms with van der Waals surface area (Å²) in [4.78, 5) is 20.4. The maximum Gasteiger partial charge on any atom is 0.300 e. The van der Waals surface area contributed by atoms with Crippen LogP contribution in [0.2, 0.25) is 0 Å². The summed E-state index contributed by atoms with van der Waals surface area (Å²) >= 11 is 0. The van der Waals surface area contributed by atoms with E-state index in [1.54, 1.807) is 6.07 Å². The number of phenolic OH excluding ortho intramolecular Hbond substituents is 1. The van der Waals surface area contributed by atoms with Crippen molar-refractivity contribution in [2.75, 3.05) is 6.61 Å². The Bertz CT molecular complexity index is 1060. The van der Waals surface area contributed by atoms with Crippen molar-refractivity contribution in [2.45, 2.75) is 38.5 Å². The van der Waals surface area contributed by atoms with Gasteiger partial charge >= 0.3 is 0 Å². The molecule has 2 aromatic rings. The Morgan fingerprint density at radius 3 is 2.35 bits per heavy atom. The van der Waals surface area contributed by atoms with Crippen LogP contribution in [0.1, 0.15) is 43.1 Å². The maximum atomic E-state index is 13.2. The Morgan fingerprint density at radius 1 is 1.16 bits per heavy atom. The molecule has 0 spiro atoms. The molecule has 7 nitrogen and oxygen atoms in total. The summed E-state index contributed by atoms with van der Waals surface area (Å²) in [6.07, 6.45) is 2.54. The first-order valence-electron chi connectivity index (χ1n) is 9.34. The van der Waals surface area contributed by atoms with Crippen molar-refractivity contribution in [3.63, 3.8) is 0 Å². The molecule has 0 saturated carbocycles. The van der Waals surface area contributed by atoms with Crippen LogP contribution in [0.3, 0.4) is 0 Å². The molecule has 9 heteroatoms. The molecule has 0 aliphatic heterocycles. The van der Waals surface area contributed by atoms with Crippen LogP contribution in [-0.4, -0.2) is 37.0 Å². The number of ketones is 1. The zero-order chi connectivity index (χ0) is 23.6. The van der Waals surface area contributed by atoms with E-state index in [4.69, 9.17) is 14.6 Å². The fraction of sp³-hybridized carbons (Fsp3) is 0.273. The van der Waals surface area contributed by atoms with E-state index >= 15 is 0 Å². The van der Waals surface area contributed by atoms with Crippen LogP contribution in [-0.2, 0) is 21.1 Å². The van der Waals surface area contributed by atoms with Crippen molar-refractivity contribution in [2.24, 2.45) is 0 Å². The minimum atomic E-state index is -3.78. The lowest BCUT2D eigenvalue weighted by Crippen LogP contribution is -2.03. The molecular weight excluding hydrogens is 427 g/mol. The number of hydrogen-bond donors (Lipinski definition) is 2. The van der Waals surface area contributed by atoms with Gasteiger partial charge in [0.25, 0.3) is 5.97 Å². The fourth-order valence-electron chi connectivity index (χ4n) is 2.56. The predicted molar refractivity (Wildman–Crippen MR) is 114 cm³/mol. The first-order valence-corrected chi connectivity index (χ1v) is 10.9. The molecule has 0 aliphatic rings. The fourth-order valence-corrected chi connectivity index (χ4v) is 3.59. The highest BCUT2D eigenvalue weighted by atomic mass is 32.2. The minimum absolute atomic E-state index is 0.0654. The molecule has 0 amide bonds. The van der Waals surface area contributed by atoms with Gasteiger partial charge in [0, 0.05) is 17.9 Å². The number of Topliss-reactive ketones (excluding diaryl/α,β-unsaturated/α-hetero) is 1. The lowest BCUT2D eigenvalue weighted by atomic mass is 10.0. The third-order valence-electron chi connectivity index (χ3n) is 3.85. The number of ether oxygens (including phenoxy) is 1. The first kappa shape index (κ1) is 25.8. The number of rotatable bonds is 8. The van der Waals surface area contributed by atoms with E-state index in [1.165, 1.54) is 31.2 Å². The predicted octanol–water partition coefficient (Wildman–Crippen LogP) is 4.14. The van der Waals surface area contributed by atoms with Crippen molar-refractivity contribution in [3.05, 3.63) is 64.8 Å². The van der Waals surface area contributed by atoms with Crippen LogP contribution in [0.5, 0.6) is 11.5 Å². The number of sulfone groups is 1. The minimum Gasteiger partial charge on any atom is -0.507 e. The van der Waals surface area contributed by atoms with E-state index in [1.807, 2.05) is 6.92 Å². The monoisotopic (exact) mass is 452 g/mol. The van der Waals surface area contributed by atoms with Gasteiger partial charge in [0.2, 0.25) is 0 Å². The number of benzene rings is 2. The normalized spacial score (nSPS) is 11.0. The Morgan fingerprint density at radius 2 is 1.81 bits per heavy atom. The van der Waals surface area contributed by atoms with Crippen molar-refractivity contribution in [3.8, 4) is 11.5 Å². The van der Waals surface area contributed by atoms with Gasteiger partial charge in [-0.05, 0) is 49.8 Å². The van der Waals surface area contributed by atoms with Crippen LogP contribution < -0.4 is 4.74 Å². The quantitative estimate of drug-likeness (QED) is 0.578. The summed E-state index contributed by atoms with van der Waals surface area (Å²) in [6, 6.07) is 7.79. The number of aliphatic carboxylic acids is 1. The standard InChI is InChI=1S/C20H21FO5S.C2H4O2/c1-3-6-18-19(10-9-17(14(2)22)20(18)23)26-11-5-12-27(24,25)16-8-4-7-15(21)13-16;1-2(3)4/h4-5,7-10,12-13,23H,3,6,11H2,1-2H3;1H3,(H,3,4)/b12-5-;. The molecule has 2 N–H and O–H groups in total. The summed E-state index contributed by atoms with van der Waals surface area (Å²) in [5.74, 6) is -1.45. The number of aromatic hydroxyl groups is 1. The molecule has 0 heterocycles. The molecule has 2 aromatic carbocycles. The number of hydrogen-bond acceptors (Lipinski definition) is 6. The van der Waals surface area contributed by atoms with Gasteiger partial charge in [-0.3, -0.25) is 9.59 Å². The Kier molecular flexibility index (Phi) is 9.88. The van der Waals surface area contributed by atoms with E-state index < -0.39 is 21.6 Å². The third-order valence-corrected chi connectivity index (χ3v) is 5.32. The van der Waals surface area contributed by atoms with Crippen molar-refractivity contribution < 1.29 is 37.3 Å². The smallest absolute Gasteiger partial charge is 0.300 e. The van der Waals surface area contributed by atoms with E-state index in [0.717, 1.165) is 30.9 Å². The summed E-state index contributed by atoms with van der Waals surface area (Å²) in [7, 11) is -3.78. The van der Waals surface area contributed by atoms with E-state index in [-0.39, 0.29) is 28.6 Å².